The second-order valence-electron chi connectivity index (χ2n) is 8.28. The van der Waals surface area contributed by atoms with Crippen molar-refractivity contribution in [3.8, 4) is 0 Å². The number of nitrogens with zero attached hydrogens (tertiary/aromatic N) is 2. The standard InChI is InChI=1S/C22H35N3O2/c1-18(27)23-21-9-7-20(8-10-21)15-24-12-13-25(22(17-24)11-14-26)16-19-5-3-2-4-6-19/h7-10,19,22,26H,2-6,11-17H2,1H3,(H,23,27)/t22-/m1/s1. The Labute approximate surface area is 163 Å². The van der Waals surface area contributed by atoms with Gasteiger partial charge in [-0.05, 0) is 42.9 Å². The first-order chi connectivity index (χ1) is 13.1. The summed E-state index contributed by atoms with van der Waals surface area (Å²) < 4.78 is 0. The van der Waals surface area contributed by atoms with Gasteiger partial charge < -0.3 is 10.4 Å². The van der Waals surface area contributed by atoms with Gasteiger partial charge >= 0.3 is 0 Å². The summed E-state index contributed by atoms with van der Waals surface area (Å²) in [7, 11) is 0. The highest BCUT2D eigenvalue weighted by molar-refractivity contribution is 5.88. The molecule has 1 saturated carbocycles. The fourth-order valence-corrected chi connectivity index (χ4v) is 4.62. The summed E-state index contributed by atoms with van der Waals surface area (Å²) in [5.41, 5.74) is 2.12. The molecule has 1 aliphatic heterocycles. The zero-order valence-corrected chi connectivity index (χ0v) is 16.7. The number of hydrogen-bond acceptors (Lipinski definition) is 4. The van der Waals surface area contributed by atoms with Crippen LogP contribution < -0.4 is 5.32 Å². The highest BCUT2D eigenvalue weighted by Gasteiger charge is 2.28. The third-order valence-electron chi connectivity index (χ3n) is 6.05. The van der Waals surface area contributed by atoms with Crippen LogP contribution in [0.4, 0.5) is 5.69 Å². The summed E-state index contributed by atoms with van der Waals surface area (Å²) in [6, 6.07) is 8.61. The number of aliphatic hydroxyl groups excluding tert-OH is 1. The van der Waals surface area contributed by atoms with Crippen LogP contribution in [-0.4, -0.2) is 59.6 Å². The van der Waals surface area contributed by atoms with Crippen molar-refractivity contribution in [1.82, 2.24) is 9.80 Å². The van der Waals surface area contributed by atoms with E-state index in [1.165, 1.54) is 51.1 Å². The van der Waals surface area contributed by atoms with E-state index in [9.17, 15) is 9.90 Å². The second kappa shape index (κ2) is 10.2. The van der Waals surface area contributed by atoms with Gasteiger partial charge in [-0.2, -0.15) is 0 Å². The molecule has 0 bridgehead atoms. The number of aliphatic hydroxyl groups is 1. The molecule has 5 heteroatoms. The molecule has 1 aromatic carbocycles. The second-order valence-corrected chi connectivity index (χ2v) is 8.28. The maximum absolute atomic E-state index is 11.1. The summed E-state index contributed by atoms with van der Waals surface area (Å²) in [5, 5.41) is 12.4. The average Bonchev–Trinajstić information content (AvgIpc) is 2.66. The smallest absolute Gasteiger partial charge is 0.221 e. The monoisotopic (exact) mass is 373 g/mol. The summed E-state index contributed by atoms with van der Waals surface area (Å²) in [5.74, 6) is 0.816. The minimum atomic E-state index is -0.0383. The van der Waals surface area contributed by atoms with Gasteiger partial charge in [-0.3, -0.25) is 14.6 Å². The number of carbonyl (C=O) groups is 1. The summed E-state index contributed by atoms with van der Waals surface area (Å²) in [4.78, 5) is 16.3. The van der Waals surface area contributed by atoms with Crippen molar-refractivity contribution in [2.75, 3.05) is 38.1 Å². The molecule has 1 amide bonds. The van der Waals surface area contributed by atoms with Crippen LogP contribution in [0.1, 0.15) is 51.0 Å². The molecule has 27 heavy (non-hydrogen) atoms. The molecule has 1 saturated heterocycles. The molecule has 2 aliphatic rings. The molecule has 1 heterocycles. The predicted molar refractivity (Wildman–Crippen MR) is 110 cm³/mol. The van der Waals surface area contributed by atoms with E-state index in [1.807, 2.05) is 12.1 Å². The van der Waals surface area contributed by atoms with Gasteiger partial charge in [-0.1, -0.05) is 31.4 Å². The van der Waals surface area contributed by atoms with E-state index in [-0.39, 0.29) is 12.5 Å². The normalized spacial score (nSPS) is 22.7. The lowest BCUT2D eigenvalue weighted by Crippen LogP contribution is -2.54. The van der Waals surface area contributed by atoms with Crippen LogP contribution in [0.25, 0.3) is 0 Å². The van der Waals surface area contributed by atoms with Crippen molar-refractivity contribution < 1.29 is 9.90 Å². The molecule has 3 rings (SSSR count). The number of rotatable bonds is 7. The van der Waals surface area contributed by atoms with E-state index in [4.69, 9.17) is 0 Å². The van der Waals surface area contributed by atoms with Gasteiger partial charge in [0.05, 0.1) is 0 Å². The first-order valence-corrected chi connectivity index (χ1v) is 10.6. The first kappa shape index (κ1) is 20.3. The summed E-state index contributed by atoms with van der Waals surface area (Å²) in [6.45, 7) is 7.16. The molecule has 1 atom stereocenters. The fraction of sp³-hybridized carbons (Fsp3) is 0.682. The molecule has 5 nitrogen and oxygen atoms in total. The van der Waals surface area contributed by atoms with Crippen LogP contribution in [0.5, 0.6) is 0 Å². The number of carbonyl (C=O) groups excluding carboxylic acids is 1. The molecule has 2 fully saturated rings. The van der Waals surface area contributed by atoms with Gasteiger partial charge in [0.1, 0.15) is 0 Å². The van der Waals surface area contributed by atoms with Crippen LogP contribution >= 0.6 is 0 Å². The lowest BCUT2D eigenvalue weighted by atomic mass is 9.88. The van der Waals surface area contributed by atoms with Crippen molar-refractivity contribution in [2.45, 2.75) is 58.0 Å². The van der Waals surface area contributed by atoms with Crippen molar-refractivity contribution in [1.29, 1.82) is 0 Å². The topological polar surface area (TPSA) is 55.8 Å². The van der Waals surface area contributed by atoms with Gasteiger partial charge in [-0.25, -0.2) is 0 Å². The van der Waals surface area contributed by atoms with Crippen LogP contribution in [0.15, 0.2) is 24.3 Å². The maximum atomic E-state index is 11.1. The highest BCUT2D eigenvalue weighted by atomic mass is 16.3. The van der Waals surface area contributed by atoms with E-state index >= 15 is 0 Å². The van der Waals surface area contributed by atoms with Crippen LogP contribution in [0, 0.1) is 5.92 Å². The van der Waals surface area contributed by atoms with E-state index in [2.05, 4.69) is 27.2 Å². The highest BCUT2D eigenvalue weighted by Crippen LogP contribution is 2.26. The molecular formula is C22H35N3O2. The number of hydrogen-bond donors (Lipinski definition) is 2. The Morgan fingerprint density at radius 1 is 1.15 bits per heavy atom. The van der Waals surface area contributed by atoms with E-state index in [1.54, 1.807) is 0 Å². The molecular weight excluding hydrogens is 338 g/mol. The Morgan fingerprint density at radius 2 is 1.89 bits per heavy atom. The minimum absolute atomic E-state index is 0.0383. The third-order valence-corrected chi connectivity index (χ3v) is 6.05. The lowest BCUT2D eigenvalue weighted by molar-refractivity contribution is -0.114. The van der Waals surface area contributed by atoms with Crippen molar-refractivity contribution in [3.63, 3.8) is 0 Å². The minimum Gasteiger partial charge on any atom is -0.396 e. The summed E-state index contributed by atoms with van der Waals surface area (Å²) in [6.07, 6.45) is 7.82. The molecule has 0 aromatic heterocycles. The predicted octanol–water partition coefficient (Wildman–Crippen LogP) is 3.09. The van der Waals surface area contributed by atoms with Crippen LogP contribution in [0.2, 0.25) is 0 Å². The first-order valence-electron chi connectivity index (χ1n) is 10.6. The van der Waals surface area contributed by atoms with E-state index in [0.29, 0.717) is 6.04 Å². The Kier molecular flexibility index (Phi) is 7.68. The summed E-state index contributed by atoms with van der Waals surface area (Å²) >= 11 is 0. The van der Waals surface area contributed by atoms with E-state index in [0.717, 1.165) is 44.2 Å². The molecule has 2 N–H and O–H groups in total. The largest absolute Gasteiger partial charge is 0.396 e. The quantitative estimate of drug-likeness (QED) is 0.771. The number of nitrogens with one attached hydrogen (secondary N) is 1. The van der Waals surface area contributed by atoms with Gasteiger partial charge in [0.25, 0.3) is 0 Å². The molecule has 0 radical (unpaired) electrons. The van der Waals surface area contributed by atoms with Crippen molar-refractivity contribution in [2.24, 2.45) is 5.92 Å². The Hall–Kier alpha value is -1.43. The average molecular weight is 374 g/mol. The number of benzene rings is 1. The molecule has 0 spiro atoms. The Bertz CT molecular complexity index is 584. The Morgan fingerprint density at radius 3 is 2.56 bits per heavy atom. The van der Waals surface area contributed by atoms with Gasteiger partial charge in [0.2, 0.25) is 5.91 Å². The SMILES string of the molecule is CC(=O)Nc1ccc(CN2CCN(CC3CCCCC3)[C@H](CCO)C2)cc1. The lowest BCUT2D eigenvalue weighted by Gasteiger charge is -2.43. The third kappa shape index (κ3) is 6.30. The fourth-order valence-electron chi connectivity index (χ4n) is 4.62. The molecule has 150 valence electrons. The maximum Gasteiger partial charge on any atom is 0.221 e. The zero-order valence-electron chi connectivity index (χ0n) is 16.7. The van der Waals surface area contributed by atoms with Crippen molar-refractivity contribution >= 4 is 11.6 Å². The Balaban J connectivity index is 1.53. The van der Waals surface area contributed by atoms with Gasteiger partial charge in [0, 0.05) is 58.0 Å². The van der Waals surface area contributed by atoms with E-state index < -0.39 is 0 Å². The number of piperazine rings is 1. The number of anilines is 1. The van der Waals surface area contributed by atoms with Crippen molar-refractivity contribution in [3.05, 3.63) is 29.8 Å². The zero-order chi connectivity index (χ0) is 19.1. The molecule has 0 unspecified atom stereocenters. The van der Waals surface area contributed by atoms with Crippen LogP contribution in [0.3, 0.4) is 0 Å². The van der Waals surface area contributed by atoms with Crippen LogP contribution in [-0.2, 0) is 11.3 Å². The number of amides is 1. The van der Waals surface area contributed by atoms with Gasteiger partial charge in [-0.15, -0.1) is 0 Å². The molecule has 1 aliphatic carbocycles. The van der Waals surface area contributed by atoms with Gasteiger partial charge in [0.15, 0.2) is 0 Å². The molecule has 1 aromatic rings.